The average molecular weight is 938 g/mol. The highest BCUT2D eigenvalue weighted by Gasteiger charge is 2.56. The molecule has 1 aromatic heterocycles. The molecule has 0 saturated heterocycles. The van der Waals surface area contributed by atoms with E-state index in [4.69, 9.17) is 70.6 Å². The molecular formula is C63H38B9NS. The summed E-state index contributed by atoms with van der Waals surface area (Å²) in [5.41, 5.74) is 13.0. The minimum absolute atomic E-state index is 0.00951. The molecule has 1 nitrogen and oxygen atoms in total. The predicted octanol–water partition coefficient (Wildman–Crippen LogP) is 12.9. The summed E-state index contributed by atoms with van der Waals surface area (Å²) in [6.45, 7) is 8.58. The molecule has 8 aromatic carbocycles. The molecule has 0 saturated carbocycles. The van der Waals surface area contributed by atoms with Crippen molar-refractivity contribution in [3.8, 4) is 43.1 Å². The van der Waals surface area contributed by atoms with Crippen LogP contribution in [-0.4, -0.2) is 70.6 Å². The van der Waals surface area contributed by atoms with Gasteiger partial charge in [-0.25, -0.2) is 0 Å². The van der Waals surface area contributed by atoms with Crippen LogP contribution >= 0.6 is 11.3 Å². The van der Waals surface area contributed by atoms with E-state index < -0.39 is 11.3 Å². The van der Waals surface area contributed by atoms with Crippen LogP contribution < -0.4 is 4.90 Å². The van der Waals surface area contributed by atoms with E-state index in [-0.39, 0.29) is 54.7 Å². The van der Waals surface area contributed by atoms with Gasteiger partial charge in [-0.15, -0.1) is 56.2 Å². The first kappa shape index (κ1) is 48.0. The first-order chi connectivity index (χ1) is 35.7. The zero-order valence-corrected chi connectivity index (χ0v) is 41.9. The minimum Gasteiger partial charge on any atom is -0.310 e. The predicted molar refractivity (Wildman–Crippen MR) is 321 cm³/mol. The number of benzene rings is 8. The van der Waals surface area contributed by atoms with E-state index in [0.717, 1.165) is 71.0 Å². The molecule has 18 radical (unpaired) electrons. The maximum Gasteiger partial charge on any atom is 0.113 e. The van der Waals surface area contributed by atoms with Crippen LogP contribution in [0, 0.1) is 5.92 Å². The normalized spacial score (nSPS) is 16.7. The lowest BCUT2D eigenvalue weighted by atomic mass is 9.48. The fourth-order valence-corrected chi connectivity index (χ4v) is 13.8. The molecule has 11 heteroatoms. The van der Waals surface area contributed by atoms with Gasteiger partial charge >= 0.3 is 0 Å². The molecule has 0 spiro atoms. The summed E-state index contributed by atoms with van der Waals surface area (Å²) in [5, 5.41) is 4.55. The van der Waals surface area contributed by atoms with Crippen LogP contribution in [0.25, 0.3) is 64.7 Å². The molecule has 0 N–H and O–H groups in total. The van der Waals surface area contributed by atoms with Crippen molar-refractivity contribution in [3.05, 3.63) is 254 Å². The fraction of sp³-hybridized carbons (Fsp3) is 0.0794. The smallest absolute Gasteiger partial charge is 0.113 e. The second-order valence-corrected chi connectivity index (χ2v) is 21.0. The molecule has 3 aliphatic rings. The Balaban J connectivity index is 1.13. The summed E-state index contributed by atoms with van der Waals surface area (Å²) in [7, 11) is 61.8. The lowest BCUT2D eigenvalue weighted by Crippen LogP contribution is -2.41. The number of allylic oxidation sites excluding steroid dienone is 8. The van der Waals surface area contributed by atoms with Gasteiger partial charge in [-0.2, -0.15) is 5.37 Å². The molecule has 0 bridgehead atoms. The zero-order chi connectivity index (χ0) is 51.5. The average Bonchev–Trinajstić information content (AvgIpc) is 4.18. The Morgan fingerprint density at radius 3 is 1.76 bits per heavy atom. The monoisotopic (exact) mass is 939 g/mol. The van der Waals surface area contributed by atoms with Crippen molar-refractivity contribution in [2.45, 2.75) is 24.7 Å². The van der Waals surface area contributed by atoms with Crippen LogP contribution in [0.1, 0.15) is 36.1 Å². The number of fused-ring (bicyclic) bond motifs is 9. The highest BCUT2D eigenvalue weighted by atomic mass is 32.1. The van der Waals surface area contributed by atoms with Gasteiger partial charge in [0.05, 0.1) is 26.8 Å². The lowest BCUT2D eigenvalue weighted by Gasteiger charge is -2.46. The summed E-state index contributed by atoms with van der Waals surface area (Å²) in [5.74, 6) is -0.915. The number of anilines is 3. The quantitative estimate of drug-likeness (QED) is 0.0792. The Kier molecular flexibility index (Phi) is 11.6. The van der Waals surface area contributed by atoms with E-state index in [1.165, 1.54) is 33.0 Å². The highest BCUT2D eigenvalue weighted by molar-refractivity contribution is 7.20. The molecule has 1 atom stereocenters. The molecule has 3 aliphatic carbocycles. The van der Waals surface area contributed by atoms with E-state index in [0.29, 0.717) is 0 Å². The Bertz CT molecular complexity index is 3980. The van der Waals surface area contributed by atoms with Gasteiger partial charge in [0.25, 0.3) is 0 Å². The van der Waals surface area contributed by atoms with Crippen LogP contribution in [0.4, 0.5) is 17.1 Å². The largest absolute Gasteiger partial charge is 0.310 e. The first-order valence-corrected chi connectivity index (χ1v) is 25.3. The van der Waals surface area contributed by atoms with Gasteiger partial charge in [0, 0.05) is 37.5 Å². The van der Waals surface area contributed by atoms with Gasteiger partial charge in [-0.05, 0) is 102 Å². The Hall–Kier alpha value is -6.94. The third-order valence-corrected chi connectivity index (χ3v) is 17.0. The first-order valence-electron chi connectivity index (χ1n) is 24.5. The SMILES string of the molecule is [B]C(=C)/C([B])=C(/[B])C(=C([B])[B])C1(C2C([B])=C([B])C([B])=C2[B])c2ccccc2-c2sc(-c3ccc(N(c4ccc5c(c4)C(C)(C)c4ccccc4-5)c4cc5ccccc5c5ccccc45)cc3)c(-c3ccccc3)c21. The topological polar surface area (TPSA) is 3.24 Å². The van der Waals surface area contributed by atoms with Crippen molar-refractivity contribution in [2.75, 3.05) is 4.90 Å². The molecule has 9 aromatic rings. The summed E-state index contributed by atoms with van der Waals surface area (Å²) in [6.07, 6.45) is 0. The molecule has 74 heavy (non-hydrogen) atoms. The van der Waals surface area contributed by atoms with Crippen LogP contribution in [-0.2, 0) is 10.8 Å². The van der Waals surface area contributed by atoms with Crippen LogP contribution in [0.2, 0.25) is 0 Å². The van der Waals surface area contributed by atoms with E-state index in [2.05, 4.69) is 165 Å². The molecular weight excluding hydrogens is 900 g/mol. The molecule has 328 valence electrons. The highest BCUT2D eigenvalue weighted by Crippen LogP contribution is 2.68. The summed E-state index contributed by atoms with van der Waals surface area (Å²) in [6, 6.07) is 62.4. The summed E-state index contributed by atoms with van der Waals surface area (Å²) >= 11 is 1.65. The van der Waals surface area contributed by atoms with Crippen molar-refractivity contribution >= 4 is 121 Å². The van der Waals surface area contributed by atoms with E-state index in [1.54, 1.807) is 11.3 Å². The van der Waals surface area contributed by atoms with Crippen molar-refractivity contribution in [1.29, 1.82) is 0 Å². The zero-order valence-electron chi connectivity index (χ0n) is 41.1. The Morgan fingerprint density at radius 1 is 0.514 bits per heavy atom. The van der Waals surface area contributed by atoms with Crippen molar-refractivity contribution < 1.29 is 0 Å². The van der Waals surface area contributed by atoms with Crippen LogP contribution in [0.15, 0.2) is 232 Å². The second-order valence-electron chi connectivity index (χ2n) is 20.0. The molecule has 0 aliphatic heterocycles. The van der Waals surface area contributed by atoms with Crippen molar-refractivity contribution in [1.82, 2.24) is 0 Å². The van der Waals surface area contributed by atoms with Gasteiger partial charge in [-0.1, -0.05) is 165 Å². The lowest BCUT2D eigenvalue weighted by molar-refractivity contribution is 0.525. The second kappa shape index (κ2) is 17.9. The van der Waals surface area contributed by atoms with Crippen molar-refractivity contribution in [2.24, 2.45) is 5.92 Å². The molecule has 0 fully saturated rings. The Labute approximate surface area is 450 Å². The number of hydrogen-bond acceptors (Lipinski definition) is 2. The Morgan fingerprint density at radius 2 is 1.08 bits per heavy atom. The van der Waals surface area contributed by atoms with E-state index in [9.17, 15) is 0 Å². The van der Waals surface area contributed by atoms with Crippen molar-refractivity contribution in [3.63, 3.8) is 0 Å². The summed E-state index contributed by atoms with van der Waals surface area (Å²) < 4.78 is 0. The third-order valence-electron chi connectivity index (χ3n) is 15.7. The molecule has 1 unspecified atom stereocenters. The molecule has 0 amide bonds. The number of nitrogens with zero attached hydrogens (tertiary/aromatic N) is 1. The number of thiophene rings is 1. The molecule has 1 heterocycles. The van der Waals surface area contributed by atoms with E-state index >= 15 is 0 Å². The standard InChI is InChI=1S/C63H38B9NS/c1-33(64)53(65)56(68)52(61(71)72)63(51-54(66)57(69)58(70)55(51)67)46-24-14-12-22-44(46)60-50(63)49(34-15-5-4-6-16-34)59(74-60)35-25-27-37(28-26-35)73(48-31-36-17-7-8-18-39(36)40-19-9-10-21-43(40)48)38-29-30-42-41-20-11-13-23-45(41)62(2,3)47(42)32-38/h4-32,51H,1H2,2-3H3/b56-53-. The minimum atomic E-state index is -1.44. The maximum atomic E-state index is 7.17. The maximum absolute atomic E-state index is 7.17. The van der Waals surface area contributed by atoms with Gasteiger partial charge in [-0.3, -0.25) is 0 Å². The third kappa shape index (κ3) is 6.95. The number of rotatable bonds is 9. The van der Waals surface area contributed by atoms with Gasteiger partial charge in [0.1, 0.15) is 54.9 Å². The van der Waals surface area contributed by atoms with Gasteiger partial charge in [0.15, 0.2) is 0 Å². The van der Waals surface area contributed by atoms with Crippen LogP contribution in [0.3, 0.4) is 0 Å². The van der Waals surface area contributed by atoms with E-state index in [1.807, 2.05) is 36.4 Å². The van der Waals surface area contributed by atoms with Gasteiger partial charge < -0.3 is 4.90 Å². The van der Waals surface area contributed by atoms with Crippen LogP contribution in [0.5, 0.6) is 0 Å². The number of hydrogen-bond donors (Lipinski definition) is 0. The molecule has 12 rings (SSSR count). The fourth-order valence-electron chi connectivity index (χ4n) is 12.3. The summed E-state index contributed by atoms with van der Waals surface area (Å²) in [4.78, 5) is 4.31. The van der Waals surface area contributed by atoms with Gasteiger partial charge in [0.2, 0.25) is 0 Å².